The number of carbonyl (C=O) groups excluding carboxylic acids is 1. The summed E-state index contributed by atoms with van der Waals surface area (Å²) < 4.78 is 25.5. The summed E-state index contributed by atoms with van der Waals surface area (Å²) in [5.41, 5.74) is 0.948. The van der Waals surface area contributed by atoms with E-state index >= 15 is 0 Å². The van der Waals surface area contributed by atoms with Crippen LogP contribution in [-0.4, -0.2) is 85.3 Å². The molecule has 2 amide bonds. The van der Waals surface area contributed by atoms with Crippen molar-refractivity contribution >= 4 is 39.2 Å². The molecule has 12 heteroatoms. The minimum atomic E-state index is -3.22. The molecular formula is C21H28N8O3S. The summed E-state index contributed by atoms with van der Waals surface area (Å²) in [4.78, 5) is 32.5. The van der Waals surface area contributed by atoms with E-state index in [0.717, 1.165) is 43.9 Å². The normalized spacial score (nSPS) is 19.7. The van der Waals surface area contributed by atoms with Crippen molar-refractivity contribution in [1.82, 2.24) is 19.3 Å². The zero-order valence-corrected chi connectivity index (χ0v) is 19.4. The summed E-state index contributed by atoms with van der Waals surface area (Å²) in [6.07, 6.45) is 6.70. The van der Waals surface area contributed by atoms with Crippen LogP contribution in [0.1, 0.15) is 19.3 Å². The van der Waals surface area contributed by atoms with Crippen molar-refractivity contribution in [1.29, 1.82) is 0 Å². The summed E-state index contributed by atoms with van der Waals surface area (Å²) in [6, 6.07) is 5.47. The highest BCUT2D eigenvalue weighted by atomic mass is 32.2. The third-order valence-electron chi connectivity index (χ3n) is 6.52. The van der Waals surface area contributed by atoms with E-state index in [4.69, 9.17) is 4.98 Å². The molecule has 4 aliphatic heterocycles. The van der Waals surface area contributed by atoms with Crippen LogP contribution in [0.2, 0.25) is 0 Å². The molecule has 4 aliphatic rings. The minimum absolute atomic E-state index is 0.0527. The molecule has 2 bridgehead atoms. The summed E-state index contributed by atoms with van der Waals surface area (Å²) >= 11 is 0. The van der Waals surface area contributed by atoms with E-state index in [1.165, 1.54) is 16.9 Å². The van der Waals surface area contributed by atoms with Gasteiger partial charge in [0.1, 0.15) is 18.0 Å². The largest absolute Gasteiger partial charge is 0.368 e. The molecular weight excluding hydrogens is 444 g/mol. The number of nitrogens with zero attached hydrogens (tertiary/aromatic N) is 7. The molecule has 6 heterocycles. The molecule has 0 atom stereocenters. The van der Waals surface area contributed by atoms with Gasteiger partial charge < -0.3 is 9.80 Å². The van der Waals surface area contributed by atoms with Gasteiger partial charge in [0.15, 0.2) is 5.82 Å². The third-order valence-corrected chi connectivity index (χ3v) is 7.83. The average molecular weight is 473 g/mol. The van der Waals surface area contributed by atoms with Crippen LogP contribution in [0.3, 0.4) is 0 Å². The molecule has 33 heavy (non-hydrogen) atoms. The summed E-state index contributed by atoms with van der Waals surface area (Å²) in [5, 5.41) is 2.88. The predicted molar refractivity (Wildman–Crippen MR) is 126 cm³/mol. The Labute approximate surface area is 193 Å². The maximum Gasteiger partial charge on any atom is 0.328 e. The average Bonchev–Trinajstić information content (AvgIpc) is 3.21. The number of hydrogen-bond donors (Lipinski definition) is 1. The highest BCUT2D eigenvalue weighted by Crippen LogP contribution is 2.39. The van der Waals surface area contributed by atoms with E-state index in [1.807, 2.05) is 12.1 Å². The number of hydrogen-bond acceptors (Lipinski definition) is 8. The Hall–Kier alpha value is -2.99. The van der Waals surface area contributed by atoms with Crippen LogP contribution >= 0.6 is 0 Å². The molecule has 0 radical (unpaired) electrons. The first-order valence-corrected chi connectivity index (χ1v) is 13.1. The fraction of sp³-hybridized carbons (Fsp3) is 0.524. The Kier molecular flexibility index (Phi) is 5.79. The van der Waals surface area contributed by atoms with Gasteiger partial charge in [-0.1, -0.05) is 0 Å². The van der Waals surface area contributed by atoms with Crippen LogP contribution in [0.5, 0.6) is 0 Å². The smallest absolute Gasteiger partial charge is 0.328 e. The van der Waals surface area contributed by atoms with Gasteiger partial charge in [-0.05, 0) is 37.5 Å². The number of piperidine rings is 1. The number of fused-ring (bicyclic) bond motifs is 2. The second-order valence-corrected chi connectivity index (χ2v) is 10.6. The molecule has 0 saturated carbocycles. The lowest BCUT2D eigenvalue weighted by Gasteiger charge is -2.31. The molecule has 0 aromatic carbocycles. The van der Waals surface area contributed by atoms with Gasteiger partial charge in [-0.3, -0.25) is 10.2 Å². The highest BCUT2D eigenvalue weighted by molar-refractivity contribution is 7.88. The van der Waals surface area contributed by atoms with E-state index < -0.39 is 10.0 Å². The number of amides is 2. The standard InChI is InChI=1S/C21H28N8O3S/c1-33(31,32)28-10-2-9-27(13-14-28)19-4-3-17-20(25-19)29(16-6-11-26(17)12-7-16)21(30)24-18-5-8-22-15-23-18/h3-5,8,15-16H,2,6-7,9-14H2,1H3,(H,22,23,24,30). The number of rotatable bonds is 3. The first kappa shape index (κ1) is 21.8. The van der Waals surface area contributed by atoms with Gasteiger partial charge in [0.25, 0.3) is 0 Å². The molecule has 0 spiro atoms. The summed E-state index contributed by atoms with van der Waals surface area (Å²) in [6.45, 7) is 3.94. The molecule has 0 unspecified atom stereocenters. The predicted octanol–water partition coefficient (Wildman–Crippen LogP) is 1.36. The van der Waals surface area contributed by atoms with Crippen LogP contribution in [0.4, 0.5) is 27.9 Å². The van der Waals surface area contributed by atoms with Gasteiger partial charge in [-0.15, -0.1) is 0 Å². The minimum Gasteiger partial charge on any atom is -0.368 e. The number of nitrogens with one attached hydrogen (secondary N) is 1. The topological polar surface area (TPSA) is 115 Å². The van der Waals surface area contributed by atoms with Gasteiger partial charge in [-0.2, -0.15) is 0 Å². The Balaban J connectivity index is 1.45. The number of sulfonamides is 1. The number of aromatic nitrogens is 3. The maximum absolute atomic E-state index is 13.4. The fourth-order valence-electron chi connectivity index (χ4n) is 4.82. The highest BCUT2D eigenvalue weighted by Gasteiger charge is 2.37. The molecule has 1 N–H and O–H groups in total. The molecule has 11 nitrogen and oxygen atoms in total. The Morgan fingerprint density at radius 2 is 1.85 bits per heavy atom. The van der Waals surface area contributed by atoms with Gasteiger partial charge in [0, 0.05) is 51.5 Å². The lowest BCUT2D eigenvalue weighted by Crippen LogP contribution is -2.46. The van der Waals surface area contributed by atoms with Gasteiger partial charge in [0.05, 0.1) is 11.9 Å². The summed E-state index contributed by atoms with van der Waals surface area (Å²) in [7, 11) is -3.22. The maximum atomic E-state index is 13.4. The molecule has 2 fully saturated rings. The number of carbonyl (C=O) groups is 1. The van der Waals surface area contributed by atoms with Crippen molar-refractivity contribution in [3.05, 3.63) is 30.7 Å². The van der Waals surface area contributed by atoms with E-state index in [0.29, 0.717) is 37.8 Å². The van der Waals surface area contributed by atoms with Crippen LogP contribution < -0.4 is 20.0 Å². The zero-order valence-electron chi connectivity index (χ0n) is 18.6. The second kappa shape index (κ2) is 8.75. The lowest BCUT2D eigenvalue weighted by atomic mass is 10.1. The van der Waals surface area contributed by atoms with Gasteiger partial charge in [0.2, 0.25) is 10.0 Å². The molecule has 176 valence electrons. The molecule has 2 aromatic rings. The van der Waals surface area contributed by atoms with Gasteiger partial charge >= 0.3 is 6.03 Å². The Morgan fingerprint density at radius 1 is 1.03 bits per heavy atom. The lowest BCUT2D eigenvalue weighted by molar-refractivity contribution is 0.253. The van der Waals surface area contributed by atoms with Crippen LogP contribution in [0.15, 0.2) is 30.7 Å². The van der Waals surface area contributed by atoms with Gasteiger partial charge in [-0.25, -0.2) is 32.5 Å². The number of pyridine rings is 1. The first-order valence-electron chi connectivity index (χ1n) is 11.2. The van der Waals surface area contributed by atoms with Crippen LogP contribution in [0.25, 0.3) is 0 Å². The van der Waals surface area contributed by atoms with E-state index in [9.17, 15) is 13.2 Å². The van der Waals surface area contributed by atoms with E-state index in [2.05, 4.69) is 25.1 Å². The monoisotopic (exact) mass is 472 g/mol. The molecule has 2 aromatic heterocycles. The zero-order chi connectivity index (χ0) is 23.0. The van der Waals surface area contributed by atoms with Crippen molar-refractivity contribution in [3.63, 3.8) is 0 Å². The first-order chi connectivity index (χ1) is 15.9. The third kappa shape index (κ3) is 4.44. The van der Waals surface area contributed by atoms with Crippen LogP contribution in [-0.2, 0) is 10.0 Å². The number of urea groups is 1. The van der Waals surface area contributed by atoms with Crippen LogP contribution in [0, 0.1) is 0 Å². The molecule has 0 aliphatic carbocycles. The molecule has 6 rings (SSSR count). The Bertz CT molecular complexity index is 1120. The SMILES string of the molecule is CS(=O)(=O)N1CCCN(c2ccc3c(n2)N(C(=O)Nc2ccncn2)C2CCN3CC2)CC1. The van der Waals surface area contributed by atoms with Crippen molar-refractivity contribution in [3.8, 4) is 0 Å². The van der Waals surface area contributed by atoms with Crippen molar-refractivity contribution in [2.24, 2.45) is 0 Å². The summed E-state index contributed by atoms with van der Waals surface area (Å²) in [5.74, 6) is 1.84. The fourth-order valence-corrected chi connectivity index (χ4v) is 5.69. The van der Waals surface area contributed by atoms with E-state index in [-0.39, 0.29) is 12.1 Å². The number of anilines is 4. The molecule has 2 saturated heterocycles. The second-order valence-electron chi connectivity index (χ2n) is 8.63. The van der Waals surface area contributed by atoms with Crippen molar-refractivity contribution in [2.45, 2.75) is 25.3 Å². The van der Waals surface area contributed by atoms with E-state index in [1.54, 1.807) is 17.2 Å². The quantitative estimate of drug-likeness (QED) is 0.712. The van der Waals surface area contributed by atoms with Crippen molar-refractivity contribution in [2.75, 3.05) is 65.5 Å². The Morgan fingerprint density at radius 3 is 2.58 bits per heavy atom. The van der Waals surface area contributed by atoms with Crippen molar-refractivity contribution < 1.29 is 13.2 Å².